The summed E-state index contributed by atoms with van der Waals surface area (Å²) in [6.07, 6.45) is 0.615. The first-order valence-electron chi connectivity index (χ1n) is 6.66. The molecule has 4 nitrogen and oxygen atoms in total. The molecule has 0 aliphatic carbocycles. The molecule has 22 heavy (non-hydrogen) atoms. The summed E-state index contributed by atoms with van der Waals surface area (Å²) >= 11 is 8.46. The van der Waals surface area contributed by atoms with Gasteiger partial charge in [0.25, 0.3) is 5.91 Å². The molecule has 3 N–H and O–H groups in total. The van der Waals surface area contributed by atoms with E-state index in [1.54, 1.807) is 18.2 Å². The topological polar surface area (TPSA) is 61.4 Å². The Hall–Kier alpha value is -1.76. The molecule has 0 aromatic heterocycles. The number of carbonyl (C=O) groups excluding carboxylic acids is 1. The summed E-state index contributed by atoms with van der Waals surface area (Å²) < 4.78 is 0.832. The highest BCUT2D eigenvalue weighted by molar-refractivity contribution is 9.10. The molecular formula is C16H15BrN2O2S. The largest absolute Gasteiger partial charge is 0.396 e. The normalized spacial score (nSPS) is 10.1. The van der Waals surface area contributed by atoms with E-state index < -0.39 is 0 Å². The van der Waals surface area contributed by atoms with Gasteiger partial charge in [0.1, 0.15) is 0 Å². The molecule has 0 bridgehead atoms. The highest BCUT2D eigenvalue weighted by Gasteiger charge is 2.08. The maximum Gasteiger partial charge on any atom is 0.257 e. The zero-order valence-corrected chi connectivity index (χ0v) is 14.1. The third kappa shape index (κ3) is 4.91. The number of amides is 1. The third-order valence-electron chi connectivity index (χ3n) is 2.93. The Bertz CT molecular complexity index is 674. The lowest BCUT2D eigenvalue weighted by Gasteiger charge is -2.10. The molecule has 0 heterocycles. The van der Waals surface area contributed by atoms with Crippen molar-refractivity contribution in [2.75, 3.05) is 11.9 Å². The van der Waals surface area contributed by atoms with Crippen molar-refractivity contribution >= 4 is 44.9 Å². The number of anilines is 1. The van der Waals surface area contributed by atoms with Crippen LogP contribution in [0.25, 0.3) is 0 Å². The maximum absolute atomic E-state index is 12.0. The number of rotatable bonds is 4. The fourth-order valence-electron chi connectivity index (χ4n) is 1.85. The SMILES string of the molecule is O=C(NC(=S)Nc1ccc(CCO)cc1)c1cccc(Br)c1. The minimum atomic E-state index is -0.268. The molecule has 0 fully saturated rings. The predicted molar refractivity (Wildman–Crippen MR) is 95.1 cm³/mol. The molecule has 0 aliphatic heterocycles. The van der Waals surface area contributed by atoms with Crippen molar-refractivity contribution in [3.63, 3.8) is 0 Å². The maximum atomic E-state index is 12.0. The van der Waals surface area contributed by atoms with Crippen molar-refractivity contribution in [1.29, 1.82) is 0 Å². The number of benzene rings is 2. The van der Waals surface area contributed by atoms with Gasteiger partial charge in [-0.2, -0.15) is 0 Å². The van der Waals surface area contributed by atoms with Crippen molar-refractivity contribution in [2.24, 2.45) is 0 Å². The van der Waals surface area contributed by atoms with E-state index in [1.165, 1.54) is 0 Å². The van der Waals surface area contributed by atoms with E-state index in [9.17, 15) is 4.79 Å². The molecule has 2 aromatic rings. The fraction of sp³-hybridized carbons (Fsp3) is 0.125. The Morgan fingerprint density at radius 2 is 1.91 bits per heavy atom. The van der Waals surface area contributed by atoms with Crippen LogP contribution in [0.3, 0.4) is 0 Å². The first-order chi connectivity index (χ1) is 10.6. The summed E-state index contributed by atoms with van der Waals surface area (Å²) in [5.41, 5.74) is 2.34. The van der Waals surface area contributed by atoms with Crippen LogP contribution in [0, 0.1) is 0 Å². The van der Waals surface area contributed by atoms with Gasteiger partial charge in [0, 0.05) is 22.3 Å². The summed E-state index contributed by atoms with van der Waals surface area (Å²) in [4.78, 5) is 12.0. The highest BCUT2D eigenvalue weighted by atomic mass is 79.9. The summed E-state index contributed by atoms with van der Waals surface area (Å²) in [5, 5.41) is 14.7. The van der Waals surface area contributed by atoms with Gasteiger partial charge < -0.3 is 10.4 Å². The number of aliphatic hydroxyl groups excluding tert-OH is 1. The smallest absolute Gasteiger partial charge is 0.257 e. The zero-order valence-electron chi connectivity index (χ0n) is 11.7. The van der Waals surface area contributed by atoms with E-state index in [-0.39, 0.29) is 17.6 Å². The fourth-order valence-corrected chi connectivity index (χ4v) is 2.46. The van der Waals surface area contributed by atoms with Crippen LogP contribution in [0.1, 0.15) is 15.9 Å². The molecule has 2 aromatic carbocycles. The lowest BCUT2D eigenvalue weighted by atomic mass is 10.1. The summed E-state index contributed by atoms with van der Waals surface area (Å²) in [6.45, 7) is 0.119. The standard InChI is InChI=1S/C16H15BrN2O2S/c17-13-3-1-2-12(10-13)15(21)19-16(22)18-14-6-4-11(5-7-14)8-9-20/h1-7,10,20H,8-9H2,(H2,18,19,21,22). The molecule has 0 aliphatic rings. The Kier molecular flexibility index (Phi) is 6.06. The predicted octanol–water partition coefficient (Wildman–Crippen LogP) is 3.11. The monoisotopic (exact) mass is 378 g/mol. The molecule has 6 heteroatoms. The molecule has 0 spiro atoms. The second-order valence-electron chi connectivity index (χ2n) is 4.59. The molecule has 1 amide bonds. The molecular weight excluding hydrogens is 364 g/mol. The van der Waals surface area contributed by atoms with Crippen LogP contribution in [0.15, 0.2) is 53.0 Å². The Morgan fingerprint density at radius 3 is 2.55 bits per heavy atom. The van der Waals surface area contributed by atoms with Crippen LogP contribution in [0.2, 0.25) is 0 Å². The van der Waals surface area contributed by atoms with E-state index in [4.69, 9.17) is 17.3 Å². The van der Waals surface area contributed by atoms with Crippen molar-refractivity contribution in [3.8, 4) is 0 Å². The van der Waals surface area contributed by atoms with E-state index in [1.807, 2.05) is 30.3 Å². The average molecular weight is 379 g/mol. The number of aliphatic hydroxyl groups is 1. The van der Waals surface area contributed by atoms with Gasteiger partial charge in [-0.3, -0.25) is 10.1 Å². The summed E-state index contributed by atoms with van der Waals surface area (Å²) in [6, 6.07) is 14.6. The number of halogens is 1. The van der Waals surface area contributed by atoms with Crippen LogP contribution in [-0.4, -0.2) is 22.7 Å². The number of hydrogen-bond donors (Lipinski definition) is 3. The Labute approximate surface area is 142 Å². The third-order valence-corrected chi connectivity index (χ3v) is 3.62. The zero-order chi connectivity index (χ0) is 15.9. The van der Waals surface area contributed by atoms with Crippen molar-refractivity contribution in [1.82, 2.24) is 5.32 Å². The lowest BCUT2D eigenvalue weighted by Crippen LogP contribution is -2.34. The minimum absolute atomic E-state index is 0.119. The van der Waals surface area contributed by atoms with E-state index in [2.05, 4.69) is 26.6 Å². The van der Waals surface area contributed by atoms with E-state index in [0.717, 1.165) is 15.7 Å². The van der Waals surface area contributed by atoms with Crippen LogP contribution in [-0.2, 0) is 6.42 Å². The number of thiocarbonyl (C=S) groups is 1. The first kappa shape index (κ1) is 16.6. The molecule has 114 valence electrons. The van der Waals surface area contributed by atoms with Gasteiger partial charge >= 0.3 is 0 Å². The first-order valence-corrected chi connectivity index (χ1v) is 7.86. The van der Waals surface area contributed by atoms with Gasteiger partial charge in [0.15, 0.2) is 5.11 Å². The second kappa shape index (κ2) is 8.03. The average Bonchev–Trinajstić information content (AvgIpc) is 2.49. The van der Waals surface area contributed by atoms with Gasteiger partial charge in [-0.25, -0.2) is 0 Å². The minimum Gasteiger partial charge on any atom is -0.396 e. The Balaban J connectivity index is 1.93. The van der Waals surface area contributed by atoms with Crippen LogP contribution < -0.4 is 10.6 Å². The van der Waals surface area contributed by atoms with Gasteiger partial charge in [-0.05, 0) is 54.5 Å². The second-order valence-corrected chi connectivity index (χ2v) is 5.91. The quantitative estimate of drug-likeness (QED) is 0.715. The van der Waals surface area contributed by atoms with E-state index in [0.29, 0.717) is 12.0 Å². The number of hydrogen-bond acceptors (Lipinski definition) is 3. The lowest BCUT2D eigenvalue weighted by molar-refractivity contribution is 0.0977. The van der Waals surface area contributed by atoms with Gasteiger partial charge in [0.2, 0.25) is 0 Å². The molecule has 0 radical (unpaired) electrons. The summed E-state index contributed by atoms with van der Waals surface area (Å²) in [5.74, 6) is -0.268. The molecule has 2 rings (SSSR count). The molecule has 0 saturated heterocycles. The van der Waals surface area contributed by atoms with Crippen molar-refractivity contribution < 1.29 is 9.90 Å². The molecule has 0 unspecified atom stereocenters. The van der Waals surface area contributed by atoms with Crippen molar-refractivity contribution in [3.05, 3.63) is 64.1 Å². The van der Waals surface area contributed by atoms with Crippen LogP contribution >= 0.6 is 28.1 Å². The van der Waals surface area contributed by atoms with Crippen LogP contribution in [0.4, 0.5) is 5.69 Å². The Morgan fingerprint density at radius 1 is 1.18 bits per heavy atom. The molecule has 0 saturated carbocycles. The molecule has 0 atom stereocenters. The van der Waals surface area contributed by atoms with Crippen molar-refractivity contribution in [2.45, 2.75) is 6.42 Å². The van der Waals surface area contributed by atoms with Gasteiger partial charge in [0.05, 0.1) is 0 Å². The number of nitrogens with one attached hydrogen (secondary N) is 2. The van der Waals surface area contributed by atoms with Gasteiger partial charge in [-0.1, -0.05) is 34.1 Å². The highest BCUT2D eigenvalue weighted by Crippen LogP contribution is 2.12. The summed E-state index contributed by atoms with van der Waals surface area (Å²) in [7, 11) is 0. The van der Waals surface area contributed by atoms with Gasteiger partial charge in [-0.15, -0.1) is 0 Å². The van der Waals surface area contributed by atoms with Crippen LogP contribution in [0.5, 0.6) is 0 Å². The van der Waals surface area contributed by atoms with E-state index >= 15 is 0 Å². The number of carbonyl (C=O) groups is 1.